The highest BCUT2D eigenvalue weighted by molar-refractivity contribution is 7.47. The predicted molar refractivity (Wildman–Crippen MR) is 244 cm³/mol. The van der Waals surface area contributed by atoms with Crippen molar-refractivity contribution in [1.82, 2.24) is 0 Å². The lowest BCUT2D eigenvalue weighted by molar-refractivity contribution is -0.870. The summed E-state index contributed by atoms with van der Waals surface area (Å²) < 4.78 is 40.3. The Morgan fingerprint density at radius 3 is 1.92 bits per heavy atom. The fraction of sp³-hybridized carbons (Fsp3) is 0.750. The topological polar surface area (TPSA) is 162 Å². The number of carbonyl (C=O) groups is 2. The molecule has 1 aromatic heterocycles. The van der Waals surface area contributed by atoms with Crippen LogP contribution in [0.25, 0.3) is 0 Å². The SMILES string of the molecule is CCCCC/C=C\C/C=C\C/C=C\CC(O)C(O)CCCC(=O)OC[C@H](COP(=O)(O)OCC[N+](C)(C)C)OC(=O)CCCCCCCCCCc1oc(CCC)c(C)c1C. The molecule has 1 heterocycles. The molecule has 61 heavy (non-hydrogen) atoms. The zero-order chi connectivity index (χ0) is 45.4. The molecule has 0 aliphatic carbocycles. The average Bonchev–Trinajstić information content (AvgIpc) is 3.46. The number of quaternary nitrogens is 1. The van der Waals surface area contributed by atoms with Gasteiger partial charge in [0, 0.05) is 25.7 Å². The number of hydrogen-bond donors (Lipinski definition) is 3. The maximum Gasteiger partial charge on any atom is 0.472 e. The van der Waals surface area contributed by atoms with E-state index in [0.717, 1.165) is 95.0 Å². The molecular formula is C48H85NO11P+. The van der Waals surface area contributed by atoms with Gasteiger partial charge in [-0.2, -0.15) is 0 Å². The van der Waals surface area contributed by atoms with Crippen molar-refractivity contribution in [3.63, 3.8) is 0 Å². The molecule has 0 aromatic carbocycles. The Balaban J connectivity index is 2.43. The highest BCUT2D eigenvalue weighted by atomic mass is 31.2. The summed E-state index contributed by atoms with van der Waals surface area (Å²) >= 11 is 0. The first kappa shape index (κ1) is 56.4. The molecule has 352 valence electrons. The third kappa shape index (κ3) is 30.2. The van der Waals surface area contributed by atoms with Crippen LogP contribution in [0.3, 0.4) is 0 Å². The fourth-order valence-electron chi connectivity index (χ4n) is 6.52. The van der Waals surface area contributed by atoms with E-state index in [0.29, 0.717) is 23.9 Å². The van der Waals surface area contributed by atoms with Crippen molar-refractivity contribution >= 4 is 19.8 Å². The van der Waals surface area contributed by atoms with Crippen molar-refractivity contribution in [3.05, 3.63) is 59.1 Å². The van der Waals surface area contributed by atoms with Crippen LogP contribution in [0.15, 0.2) is 40.9 Å². The molecule has 3 N–H and O–H groups in total. The number of furan rings is 1. The van der Waals surface area contributed by atoms with Crippen LogP contribution in [0.4, 0.5) is 0 Å². The molecule has 1 aromatic rings. The summed E-state index contributed by atoms with van der Waals surface area (Å²) in [5.41, 5.74) is 2.60. The summed E-state index contributed by atoms with van der Waals surface area (Å²) in [4.78, 5) is 35.6. The Kier molecular flexibility index (Phi) is 31.4. The van der Waals surface area contributed by atoms with Crippen LogP contribution in [-0.4, -0.2) is 97.3 Å². The van der Waals surface area contributed by atoms with Crippen LogP contribution >= 0.6 is 7.82 Å². The molecule has 3 unspecified atom stereocenters. The van der Waals surface area contributed by atoms with Gasteiger partial charge in [0.1, 0.15) is 31.3 Å². The number of phosphoric acid groups is 1. The Labute approximate surface area is 369 Å². The first-order valence-corrected chi connectivity index (χ1v) is 24.7. The Morgan fingerprint density at radius 2 is 1.28 bits per heavy atom. The Morgan fingerprint density at radius 1 is 0.689 bits per heavy atom. The minimum absolute atomic E-state index is 0.0213. The molecule has 1 rings (SSSR count). The van der Waals surface area contributed by atoms with Crippen LogP contribution in [0.1, 0.15) is 165 Å². The van der Waals surface area contributed by atoms with Crippen molar-refractivity contribution in [2.24, 2.45) is 0 Å². The number of nitrogens with zero attached hydrogens (tertiary/aromatic N) is 1. The first-order valence-electron chi connectivity index (χ1n) is 23.2. The zero-order valence-electron chi connectivity index (χ0n) is 39.1. The van der Waals surface area contributed by atoms with Gasteiger partial charge in [-0.25, -0.2) is 4.57 Å². The summed E-state index contributed by atoms with van der Waals surface area (Å²) in [6, 6.07) is 0. The molecule has 0 bridgehead atoms. The third-order valence-corrected chi connectivity index (χ3v) is 11.5. The number of likely N-dealkylation sites (N-methyl/N-ethyl adjacent to an activating group) is 1. The quantitative estimate of drug-likeness (QED) is 0.0191. The minimum atomic E-state index is -4.46. The number of rotatable bonds is 38. The predicted octanol–water partition coefficient (Wildman–Crippen LogP) is 10.5. The highest BCUT2D eigenvalue weighted by Crippen LogP contribution is 2.43. The van der Waals surface area contributed by atoms with E-state index in [4.69, 9.17) is 22.9 Å². The monoisotopic (exact) mass is 883 g/mol. The number of aryl methyl sites for hydroxylation is 2. The van der Waals surface area contributed by atoms with E-state index in [1.165, 1.54) is 30.4 Å². The average molecular weight is 883 g/mol. The summed E-state index contributed by atoms with van der Waals surface area (Å²) in [5.74, 6) is 1.16. The summed E-state index contributed by atoms with van der Waals surface area (Å²) in [6.45, 7) is 8.25. The van der Waals surface area contributed by atoms with Gasteiger partial charge in [0.05, 0.1) is 40.0 Å². The second-order valence-corrected chi connectivity index (χ2v) is 18.8. The number of carbonyl (C=O) groups excluding carboxylic acids is 2. The third-order valence-electron chi connectivity index (χ3n) is 10.5. The second kappa shape index (κ2) is 33.9. The van der Waals surface area contributed by atoms with Gasteiger partial charge in [-0.3, -0.25) is 18.6 Å². The molecule has 0 fully saturated rings. The molecule has 0 saturated heterocycles. The zero-order valence-corrected chi connectivity index (χ0v) is 40.0. The lowest BCUT2D eigenvalue weighted by Crippen LogP contribution is -2.37. The van der Waals surface area contributed by atoms with Crippen LogP contribution in [-0.2, 0) is 45.5 Å². The number of aliphatic hydroxyl groups excluding tert-OH is 2. The molecule has 0 amide bonds. The van der Waals surface area contributed by atoms with Gasteiger partial charge in [0.2, 0.25) is 0 Å². The summed E-state index contributed by atoms with van der Waals surface area (Å²) in [5, 5.41) is 20.8. The number of allylic oxidation sites excluding steroid dienone is 5. The standard InChI is InChI=1S/C48H84NO11P/c1-8-10-11-12-13-14-15-16-17-20-23-26-31-43(50)44(51)32-29-35-47(52)56-38-42(39-58-61(54,55)57-37-36-49(5,6)7)59-48(53)34-28-25-22-19-18-21-24-27-33-46-41(4)40(3)45(60-46)30-9-2/h13-14,16-17,23,26,42-44,50-51H,8-12,15,18-22,24-25,27-39H2,1-7H3/p+1/b14-13-,17-16-,26-23-/t42-,43?,44?/m1/s1. The van der Waals surface area contributed by atoms with Gasteiger partial charge in [-0.1, -0.05) is 102 Å². The molecule has 0 radical (unpaired) electrons. The van der Waals surface area contributed by atoms with Gasteiger partial charge in [-0.05, 0) is 89.2 Å². The van der Waals surface area contributed by atoms with Gasteiger partial charge in [-0.15, -0.1) is 0 Å². The largest absolute Gasteiger partial charge is 0.472 e. The maximum absolute atomic E-state index is 12.8. The number of esters is 2. The number of unbranched alkanes of at least 4 members (excludes halogenated alkanes) is 10. The lowest BCUT2D eigenvalue weighted by atomic mass is 10.0. The van der Waals surface area contributed by atoms with Crippen LogP contribution in [0, 0.1) is 13.8 Å². The van der Waals surface area contributed by atoms with E-state index in [1.807, 2.05) is 33.3 Å². The van der Waals surface area contributed by atoms with E-state index >= 15 is 0 Å². The number of ether oxygens (including phenoxy) is 2. The fourth-order valence-corrected chi connectivity index (χ4v) is 7.26. The minimum Gasteiger partial charge on any atom is -0.466 e. The smallest absolute Gasteiger partial charge is 0.466 e. The van der Waals surface area contributed by atoms with Crippen molar-refractivity contribution in [3.8, 4) is 0 Å². The van der Waals surface area contributed by atoms with Gasteiger partial charge in [0.15, 0.2) is 6.10 Å². The van der Waals surface area contributed by atoms with E-state index in [-0.39, 0.29) is 38.9 Å². The normalized spacial score (nSPS) is 14.9. The molecule has 0 aliphatic rings. The number of hydrogen-bond acceptors (Lipinski definition) is 10. The number of aliphatic hydroxyl groups is 2. The molecular weight excluding hydrogens is 797 g/mol. The van der Waals surface area contributed by atoms with Crippen molar-refractivity contribution in [1.29, 1.82) is 0 Å². The molecule has 13 heteroatoms. The van der Waals surface area contributed by atoms with Crippen LogP contribution in [0.2, 0.25) is 0 Å². The van der Waals surface area contributed by atoms with Crippen LogP contribution in [0.5, 0.6) is 0 Å². The van der Waals surface area contributed by atoms with Crippen molar-refractivity contribution in [2.75, 3.05) is 47.5 Å². The van der Waals surface area contributed by atoms with E-state index < -0.39 is 44.7 Å². The van der Waals surface area contributed by atoms with Gasteiger partial charge < -0.3 is 33.5 Å². The van der Waals surface area contributed by atoms with E-state index in [1.54, 1.807) is 0 Å². The Hall–Kier alpha value is -2.57. The van der Waals surface area contributed by atoms with E-state index in [9.17, 15) is 29.3 Å². The highest BCUT2D eigenvalue weighted by Gasteiger charge is 2.27. The summed E-state index contributed by atoms with van der Waals surface area (Å²) in [7, 11) is 1.30. The van der Waals surface area contributed by atoms with E-state index in [2.05, 4.69) is 52.0 Å². The molecule has 12 nitrogen and oxygen atoms in total. The van der Waals surface area contributed by atoms with Crippen LogP contribution < -0.4 is 0 Å². The molecule has 0 spiro atoms. The lowest BCUT2D eigenvalue weighted by Gasteiger charge is -2.24. The Bertz CT molecular complexity index is 1450. The first-order chi connectivity index (χ1) is 29.1. The summed E-state index contributed by atoms with van der Waals surface area (Å²) in [6.07, 6.45) is 27.9. The van der Waals surface area contributed by atoms with Gasteiger partial charge >= 0.3 is 19.8 Å². The van der Waals surface area contributed by atoms with Crippen molar-refractivity contribution < 1.29 is 56.7 Å². The molecule has 4 atom stereocenters. The second-order valence-electron chi connectivity index (χ2n) is 17.3. The number of phosphoric ester groups is 1. The molecule has 0 aliphatic heterocycles. The van der Waals surface area contributed by atoms with Crippen molar-refractivity contribution in [2.45, 2.75) is 187 Å². The van der Waals surface area contributed by atoms with Gasteiger partial charge in [0.25, 0.3) is 0 Å². The molecule has 0 saturated carbocycles. The maximum atomic E-state index is 12.8.